The number of hydrogen-bond donors (Lipinski definition) is 0. The van der Waals surface area contributed by atoms with Crippen LogP contribution >= 0.6 is 0 Å². The summed E-state index contributed by atoms with van der Waals surface area (Å²) in [5.41, 5.74) is 8.40. The van der Waals surface area contributed by atoms with E-state index in [1.54, 1.807) is 0 Å². The molecular formula is C29H28. The van der Waals surface area contributed by atoms with E-state index in [-0.39, 0.29) is 0 Å². The van der Waals surface area contributed by atoms with Crippen LogP contribution in [0.25, 0.3) is 11.1 Å². The average molecular weight is 377 g/mol. The molecule has 4 rings (SSSR count). The van der Waals surface area contributed by atoms with Crippen LogP contribution in [0.2, 0.25) is 0 Å². The quantitative estimate of drug-likeness (QED) is 0.313. The summed E-state index contributed by atoms with van der Waals surface area (Å²) in [4.78, 5) is 0. The summed E-state index contributed by atoms with van der Waals surface area (Å²) < 4.78 is 0. The van der Waals surface area contributed by atoms with Crippen LogP contribution in [-0.2, 0) is 19.3 Å². The van der Waals surface area contributed by atoms with Gasteiger partial charge in [0.1, 0.15) is 0 Å². The highest BCUT2D eigenvalue weighted by Crippen LogP contribution is 2.33. The van der Waals surface area contributed by atoms with Gasteiger partial charge in [0.15, 0.2) is 0 Å². The van der Waals surface area contributed by atoms with Gasteiger partial charge in [-0.05, 0) is 58.6 Å². The topological polar surface area (TPSA) is 0 Å². The molecule has 144 valence electrons. The maximum Gasteiger partial charge on any atom is -0.0144 e. The van der Waals surface area contributed by atoms with Gasteiger partial charge in [-0.25, -0.2) is 0 Å². The minimum atomic E-state index is 0.468. The van der Waals surface area contributed by atoms with Crippen molar-refractivity contribution in [3.63, 3.8) is 0 Å². The normalized spacial score (nSPS) is 11.9. The van der Waals surface area contributed by atoms with Gasteiger partial charge in [0, 0.05) is 0 Å². The maximum atomic E-state index is 2.35. The second-order valence-electron chi connectivity index (χ2n) is 7.82. The smallest absolute Gasteiger partial charge is 0.0144 e. The first kappa shape index (κ1) is 19.2. The molecule has 29 heavy (non-hydrogen) atoms. The summed E-state index contributed by atoms with van der Waals surface area (Å²) >= 11 is 0. The average Bonchev–Trinajstić information content (AvgIpc) is 2.79. The van der Waals surface area contributed by atoms with E-state index >= 15 is 0 Å². The Labute approximate surface area is 174 Å². The van der Waals surface area contributed by atoms with Crippen LogP contribution < -0.4 is 0 Å². The van der Waals surface area contributed by atoms with Crippen molar-refractivity contribution in [3.05, 3.63) is 131 Å². The van der Waals surface area contributed by atoms with Crippen LogP contribution in [0, 0.1) is 0 Å². The molecule has 1 unspecified atom stereocenters. The number of rotatable bonds is 7. The van der Waals surface area contributed by atoms with Crippen molar-refractivity contribution in [2.24, 2.45) is 0 Å². The molecule has 0 fully saturated rings. The predicted molar refractivity (Wildman–Crippen MR) is 124 cm³/mol. The SMILES string of the molecule is CC(Cc1ccccc1)c1ccccc1-c1ccccc1CCc1ccccc1. The van der Waals surface area contributed by atoms with Gasteiger partial charge >= 0.3 is 0 Å². The van der Waals surface area contributed by atoms with Gasteiger partial charge in [-0.2, -0.15) is 0 Å². The highest BCUT2D eigenvalue weighted by atomic mass is 14.2. The van der Waals surface area contributed by atoms with Gasteiger partial charge in [0.25, 0.3) is 0 Å². The second kappa shape index (κ2) is 9.39. The van der Waals surface area contributed by atoms with Gasteiger partial charge in [-0.15, -0.1) is 0 Å². The Hall–Kier alpha value is -3.12. The third-order valence-corrected chi connectivity index (χ3v) is 5.71. The summed E-state index contributed by atoms with van der Waals surface area (Å²) in [5, 5.41) is 0. The van der Waals surface area contributed by atoms with Crippen molar-refractivity contribution >= 4 is 0 Å². The third-order valence-electron chi connectivity index (χ3n) is 5.71. The summed E-state index contributed by atoms with van der Waals surface area (Å²) in [6, 6.07) is 39.4. The predicted octanol–water partition coefficient (Wildman–Crippen LogP) is 7.49. The molecule has 0 aliphatic rings. The summed E-state index contributed by atoms with van der Waals surface area (Å²) in [6.45, 7) is 2.35. The molecule has 0 nitrogen and oxygen atoms in total. The van der Waals surface area contributed by atoms with Gasteiger partial charge in [0.05, 0.1) is 0 Å². The zero-order valence-corrected chi connectivity index (χ0v) is 17.1. The Bertz CT molecular complexity index is 1030. The van der Waals surface area contributed by atoms with Crippen molar-refractivity contribution in [1.82, 2.24) is 0 Å². The van der Waals surface area contributed by atoms with Crippen molar-refractivity contribution in [1.29, 1.82) is 0 Å². The Balaban J connectivity index is 1.62. The van der Waals surface area contributed by atoms with Crippen LogP contribution in [0.4, 0.5) is 0 Å². The van der Waals surface area contributed by atoms with E-state index < -0.39 is 0 Å². The molecule has 0 aliphatic carbocycles. The second-order valence-corrected chi connectivity index (χ2v) is 7.82. The highest BCUT2D eigenvalue weighted by molar-refractivity contribution is 5.71. The fourth-order valence-electron chi connectivity index (χ4n) is 4.17. The standard InChI is InChI=1S/C29H28/c1-23(22-25-14-6-3-7-15-25)27-17-10-11-19-29(27)28-18-9-8-16-26(28)21-20-24-12-4-2-5-13-24/h2-19,23H,20-22H2,1H3. The summed E-state index contributed by atoms with van der Waals surface area (Å²) in [5.74, 6) is 0.468. The lowest BCUT2D eigenvalue weighted by Crippen LogP contribution is -2.02. The molecular weight excluding hydrogens is 348 g/mol. The Morgan fingerprint density at radius 3 is 1.79 bits per heavy atom. The van der Waals surface area contributed by atoms with Gasteiger partial charge in [0.2, 0.25) is 0 Å². The molecule has 1 atom stereocenters. The highest BCUT2D eigenvalue weighted by Gasteiger charge is 2.14. The van der Waals surface area contributed by atoms with Crippen molar-refractivity contribution in [2.75, 3.05) is 0 Å². The molecule has 0 bridgehead atoms. The molecule has 4 aromatic rings. The molecule has 0 radical (unpaired) electrons. The molecule has 4 aromatic carbocycles. The summed E-state index contributed by atoms with van der Waals surface area (Å²) in [7, 11) is 0. The molecule has 0 heterocycles. The minimum absolute atomic E-state index is 0.468. The number of benzene rings is 4. The fraction of sp³-hybridized carbons (Fsp3) is 0.172. The summed E-state index contributed by atoms with van der Waals surface area (Å²) in [6.07, 6.45) is 3.19. The van der Waals surface area contributed by atoms with E-state index in [9.17, 15) is 0 Å². The molecule has 0 aliphatic heterocycles. The third kappa shape index (κ3) is 4.84. The first-order valence-corrected chi connectivity index (χ1v) is 10.6. The van der Waals surface area contributed by atoms with Crippen LogP contribution in [0.5, 0.6) is 0 Å². The van der Waals surface area contributed by atoms with Gasteiger partial charge < -0.3 is 0 Å². The zero-order chi connectivity index (χ0) is 19.9. The number of hydrogen-bond acceptors (Lipinski definition) is 0. The van der Waals surface area contributed by atoms with Crippen molar-refractivity contribution in [3.8, 4) is 11.1 Å². The molecule has 0 N–H and O–H groups in total. The van der Waals surface area contributed by atoms with Crippen LogP contribution in [0.3, 0.4) is 0 Å². The number of aryl methyl sites for hydroxylation is 2. The van der Waals surface area contributed by atoms with E-state index in [2.05, 4.69) is 116 Å². The van der Waals surface area contributed by atoms with Gasteiger partial charge in [-0.3, -0.25) is 0 Å². The molecule has 0 amide bonds. The first-order valence-electron chi connectivity index (χ1n) is 10.6. The lowest BCUT2D eigenvalue weighted by molar-refractivity contribution is 0.761. The molecule has 0 spiro atoms. The van der Waals surface area contributed by atoms with E-state index in [0.717, 1.165) is 19.3 Å². The molecule has 0 heteroatoms. The maximum absolute atomic E-state index is 2.35. The largest absolute Gasteiger partial charge is 0.0622 e. The van der Waals surface area contributed by atoms with Crippen molar-refractivity contribution < 1.29 is 0 Å². The minimum Gasteiger partial charge on any atom is -0.0622 e. The first-order chi connectivity index (χ1) is 14.3. The fourth-order valence-corrected chi connectivity index (χ4v) is 4.17. The Morgan fingerprint density at radius 1 is 0.517 bits per heavy atom. The van der Waals surface area contributed by atoms with Gasteiger partial charge in [-0.1, -0.05) is 116 Å². The van der Waals surface area contributed by atoms with Crippen LogP contribution in [-0.4, -0.2) is 0 Å². The van der Waals surface area contributed by atoms with E-state index in [1.807, 2.05) is 0 Å². The zero-order valence-electron chi connectivity index (χ0n) is 17.1. The van der Waals surface area contributed by atoms with E-state index in [1.165, 1.54) is 33.4 Å². The van der Waals surface area contributed by atoms with E-state index in [0.29, 0.717) is 5.92 Å². The lowest BCUT2D eigenvalue weighted by atomic mass is 9.85. The Kier molecular flexibility index (Phi) is 6.22. The lowest BCUT2D eigenvalue weighted by Gasteiger charge is -2.19. The van der Waals surface area contributed by atoms with E-state index in [4.69, 9.17) is 0 Å². The van der Waals surface area contributed by atoms with Crippen LogP contribution in [0.15, 0.2) is 109 Å². The van der Waals surface area contributed by atoms with Crippen LogP contribution in [0.1, 0.15) is 35.1 Å². The van der Waals surface area contributed by atoms with Crippen molar-refractivity contribution in [2.45, 2.75) is 32.1 Å². The molecule has 0 saturated heterocycles. The monoisotopic (exact) mass is 376 g/mol. The molecule has 0 aromatic heterocycles. The Morgan fingerprint density at radius 2 is 1.07 bits per heavy atom. The molecule has 0 saturated carbocycles.